The fourth-order valence-electron chi connectivity index (χ4n) is 1.47. The highest BCUT2D eigenvalue weighted by molar-refractivity contribution is 5.72. The van der Waals surface area contributed by atoms with Crippen LogP contribution < -0.4 is 5.73 Å². The number of aliphatic hydroxyl groups is 1. The van der Waals surface area contributed by atoms with Crippen LogP contribution in [0.1, 0.15) is 19.8 Å². The predicted octanol–water partition coefficient (Wildman–Crippen LogP) is -0.0897. The summed E-state index contributed by atoms with van der Waals surface area (Å²) in [6, 6.07) is -0.305. The van der Waals surface area contributed by atoms with Gasteiger partial charge in [-0.25, -0.2) is 4.79 Å². The van der Waals surface area contributed by atoms with E-state index in [1.165, 1.54) is 0 Å². The average Bonchev–Trinajstić information content (AvgIpc) is 1.85. The van der Waals surface area contributed by atoms with Crippen LogP contribution in [0.4, 0.5) is 4.79 Å². The summed E-state index contributed by atoms with van der Waals surface area (Å²) in [5.74, 6) is 0. The van der Waals surface area contributed by atoms with Crippen LogP contribution in [-0.4, -0.2) is 34.7 Å². The third kappa shape index (κ3) is 1.83. The first-order valence-electron chi connectivity index (χ1n) is 3.85. The number of carbonyl (C=O) groups excluding carboxylic acids is 1. The summed E-state index contributed by atoms with van der Waals surface area (Å²) in [6.45, 7) is 2.48. The van der Waals surface area contributed by atoms with E-state index in [0.717, 1.165) is 0 Å². The van der Waals surface area contributed by atoms with E-state index in [0.29, 0.717) is 19.4 Å². The molecule has 1 aliphatic heterocycles. The highest BCUT2D eigenvalue weighted by atomic mass is 16.3. The van der Waals surface area contributed by atoms with Crippen LogP contribution in [0.15, 0.2) is 0 Å². The third-order valence-corrected chi connectivity index (χ3v) is 2.13. The van der Waals surface area contributed by atoms with E-state index in [9.17, 15) is 9.90 Å². The van der Waals surface area contributed by atoms with E-state index in [4.69, 9.17) is 5.73 Å². The molecule has 0 radical (unpaired) electrons. The van der Waals surface area contributed by atoms with Crippen molar-refractivity contribution in [3.63, 3.8) is 0 Å². The Kier molecular flexibility index (Phi) is 2.34. The zero-order valence-corrected chi connectivity index (χ0v) is 6.66. The minimum Gasteiger partial charge on any atom is -0.393 e. The first-order valence-corrected chi connectivity index (χ1v) is 3.85. The van der Waals surface area contributed by atoms with E-state index in [-0.39, 0.29) is 18.2 Å². The van der Waals surface area contributed by atoms with Crippen LogP contribution in [-0.2, 0) is 0 Å². The van der Waals surface area contributed by atoms with Gasteiger partial charge in [0, 0.05) is 12.6 Å². The van der Waals surface area contributed by atoms with Gasteiger partial charge in [-0.15, -0.1) is 0 Å². The minimum absolute atomic E-state index is 0.0799. The molecule has 11 heavy (non-hydrogen) atoms. The van der Waals surface area contributed by atoms with Gasteiger partial charge in [0.2, 0.25) is 0 Å². The fraction of sp³-hybridized carbons (Fsp3) is 0.857. The minimum atomic E-state index is -0.385. The van der Waals surface area contributed by atoms with Crippen molar-refractivity contribution in [3.8, 4) is 0 Å². The van der Waals surface area contributed by atoms with Crippen molar-refractivity contribution in [1.29, 1.82) is 0 Å². The highest BCUT2D eigenvalue weighted by Crippen LogP contribution is 2.16. The molecule has 2 amide bonds. The van der Waals surface area contributed by atoms with Gasteiger partial charge < -0.3 is 15.7 Å². The monoisotopic (exact) mass is 158 g/mol. The number of amides is 2. The molecule has 0 aromatic carbocycles. The Morgan fingerprint density at radius 2 is 2.36 bits per heavy atom. The van der Waals surface area contributed by atoms with E-state index < -0.39 is 0 Å². The van der Waals surface area contributed by atoms with Crippen LogP contribution in [0.2, 0.25) is 0 Å². The summed E-state index contributed by atoms with van der Waals surface area (Å²) in [5.41, 5.74) is 5.11. The first kappa shape index (κ1) is 8.33. The van der Waals surface area contributed by atoms with Gasteiger partial charge in [-0.2, -0.15) is 0 Å². The van der Waals surface area contributed by atoms with Crippen LogP contribution in [0, 0.1) is 0 Å². The molecule has 0 aromatic rings. The molecular formula is C7H14N2O2. The van der Waals surface area contributed by atoms with Crippen molar-refractivity contribution in [2.24, 2.45) is 5.73 Å². The predicted molar refractivity (Wildman–Crippen MR) is 41.0 cm³/mol. The standard InChI is InChI=1S/C7H14N2O2/c1-5-4-6(10)2-3-9(5)7(8)11/h5-6,10H,2-4H2,1H3,(H2,8,11)/t5-,6-/m0/s1. The van der Waals surface area contributed by atoms with Crippen LogP contribution in [0.25, 0.3) is 0 Å². The molecule has 0 saturated carbocycles. The van der Waals surface area contributed by atoms with Gasteiger partial charge in [-0.05, 0) is 19.8 Å². The maximum atomic E-state index is 10.7. The number of rotatable bonds is 0. The molecule has 0 bridgehead atoms. The SMILES string of the molecule is C[C@H]1C[C@@H](O)CCN1C(N)=O. The van der Waals surface area contributed by atoms with Crippen molar-refractivity contribution >= 4 is 6.03 Å². The van der Waals surface area contributed by atoms with Gasteiger partial charge in [0.1, 0.15) is 0 Å². The number of urea groups is 1. The number of likely N-dealkylation sites (tertiary alicyclic amines) is 1. The number of aliphatic hydroxyl groups excluding tert-OH is 1. The molecule has 64 valence electrons. The summed E-state index contributed by atoms with van der Waals surface area (Å²) < 4.78 is 0. The average molecular weight is 158 g/mol. The summed E-state index contributed by atoms with van der Waals surface area (Å²) in [5, 5.41) is 9.20. The highest BCUT2D eigenvalue weighted by Gasteiger charge is 2.25. The lowest BCUT2D eigenvalue weighted by Crippen LogP contribution is -2.48. The molecule has 0 spiro atoms. The van der Waals surface area contributed by atoms with Gasteiger partial charge in [-0.1, -0.05) is 0 Å². The van der Waals surface area contributed by atoms with Crippen molar-refractivity contribution in [1.82, 2.24) is 4.90 Å². The Morgan fingerprint density at radius 3 is 2.82 bits per heavy atom. The molecule has 4 heteroatoms. The van der Waals surface area contributed by atoms with Crippen LogP contribution >= 0.6 is 0 Å². The van der Waals surface area contributed by atoms with Gasteiger partial charge >= 0.3 is 6.03 Å². The third-order valence-electron chi connectivity index (χ3n) is 2.13. The zero-order valence-electron chi connectivity index (χ0n) is 6.66. The molecule has 0 aliphatic carbocycles. The first-order chi connectivity index (χ1) is 5.11. The molecular weight excluding hydrogens is 144 g/mol. The molecule has 1 rings (SSSR count). The zero-order chi connectivity index (χ0) is 8.43. The van der Waals surface area contributed by atoms with Gasteiger partial charge in [0.25, 0.3) is 0 Å². The summed E-state index contributed by atoms with van der Waals surface area (Å²) >= 11 is 0. The maximum absolute atomic E-state index is 10.7. The van der Waals surface area contributed by atoms with Crippen molar-refractivity contribution < 1.29 is 9.90 Å². The number of piperidine rings is 1. The number of nitrogens with zero attached hydrogens (tertiary/aromatic N) is 1. The molecule has 2 atom stereocenters. The molecule has 1 fully saturated rings. The van der Waals surface area contributed by atoms with E-state index in [1.807, 2.05) is 6.92 Å². The number of primary amides is 1. The smallest absolute Gasteiger partial charge is 0.315 e. The summed E-state index contributed by atoms with van der Waals surface area (Å²) in [6.07, 6.45) is 1.02. The Morgan fingerprint density at radius 1 is 1.73 bits per heavy atom. The normalized spacial score (nSPS) is 32.0. The number of carbonyl (C=O) groups is 1. The van der Waals surface area contributed by atoms with Crippen LogP contribution in [0.5, 0.6) is 0 Å². The Balaban J connectivity index is 2.50. The number of hydrogen-bond acceptors (Lipinski definition) is 2. The molecule has 0 aromatic heterocycles. The van der Waals surface area contributed by atoms with Crippen LogP contribution in [0.3, 0.4) is 0 Å². The topological polar surface area (TPSA) is 66.6 Å². The van der Waals surface area contributed by atoms with E-state index in [2.05, 4.69) is 0 Å². The number of hydrogen-bond donors (Lipinski definition) is 2. The summed E-state index contributed by atoms with van der Waals surface area (Å²) in [7, 11) is 0. The molecule has 4 nitrogen and oxygen atoms in total. The lowest BCUT2D eigenvalue weighted by Gasteiger charge is -2.34. The quantitative estimate of drug-likeness (QED) is 0.517. The molecule has 1 aliphatic rings. The van der Waals surface area contributed by atoms with Gasteiger partial charge in [0.05, 0.1) is 6.10 Å². The fourth-order valence-corrected chi connectivity index (χ4v) is 1.47. The van der Waals surface area contributed by atoms with Crippen molar-refractivity contribution in [3.05, 3.63) is 0 Å². The van der Waals surface area contributed by atoms with Gasteiger partial charge in [-0.3, -0.25) is 0 Å². The Hall–Kier alpha value is -0.770. The molecule has 1 heterocycles. The number of nitrogens with two attached hydrogens (primary N) is 1. The van der Waals surface area contributed by atoms with Crippen molar-refractivity contribution in [2.45, 2.75) is 31.9 Å². The summed E-state index contributed by atoms with van der Waals surface area (Å²) in [4.78, 5) is 12.3. The van der Waals surface area contributed by atoms with Crippen molar-refractivity contribution in [2.75, 3.05) is 6.54 Å². The largest absolute Gasteiger partial charge is 0.393 e. The Bertz CT molecular complexity index is 161. The lowest BCUT2D eigenvalue weighted by molar-refractivity contribution is 0.0675. The van der Waals surface area contributed by atoms with E-state index >= 15 is 0 Å². The molecule has 1 saturated heterocycles. The Labute approximate surface area is 66.0 Å². The second-order valence-electron chi connectivity index (χ2n) is 3.06. The molecule has 3 N–H and O–H groups in total. The maximum Gasteiger partial charge on any atom is 0.315 e. The second kappa shape index (κ2) is 3.09. The van der Waals surface area contributed by atoms with Gasteiger partial charge in [0.15, 0.2) is 0 Å². The lowest BCUT2D eigenvalue weighted by atomic mass is 10.0. The van der Waals surface area contributed by atoms with E-state index in [1.54, 1.807) is 4.90 Å². The molecule has 0 unspecified atom stereocenters. The second-order valence-corrected chi connectivity index (χ2v) is 3.06.